The molecule has 0 aliphatic carbocycles. The van der Waals surface area contributed by atoms with Crippen molar-refractivity contribution in [1.29, 1.82) is 0 Å². The summed E-state index contributed by atoms with van der Waals surface area (Å²) in [4.78, 5) is 33.1. The molecule has 3 amide bonds. The molecular weight excluding hydrogens is 426 g/mol. The van der Waals surface area contributed by atoms with Gasteiger partial charge < -0.3 is 43.6 Å². The second-order valence-corrected chi connectivity index (χ2v) is 7.31. The van der Waals surface area contributed by atoms with E-state index in [0.29, 0.717) is 0 Å². The second kappa shape index (κ2) is 32.2. The standard InChI is InChI=1S/C14H29N5O4.2C4H11N/c15-6-4-2-1-3-5-7-17-10-12(20)19-11-13(21)18-8-9-23-14(16)22;2*1-2-3-4-5/h17H,1-11,15H2,(H2,16,22)(H,18,21)(H,19,20);2*2-5H2,1H3. The third-order valence-corrected chi connectivity index (χ3v) is 4.07. The van der Waals surface area contributed by atoms with Gasteiger partial charge in [0.1, 0.15) is 6.61 Å². The van der Waals surface area contributed by atoms with Crippen molar-refractivity contribution in [3.05, 3.63) is 0 Å². The number of carbonyl (C=O) groups excluding carboxylic acids is 3. The highest BCUT2D eigenvalue weighted by atomic mass is 16.5. The molecule has 0 saturated heterocycles. The molecule has 198 valence electrons. The van der Waals surface area contributed by atoms with Crippen LogP contribution in [0.25, 0.3) is 0 Å². The SMILES string of the molecule is CCCCN.CCCCN.NCCCCCCCNCC(=O)NCC(=O)NCCOC(N)=O. The first kappa shape index (κ1) is 35.6. The lowest BCUT2D eigenvalue weighted by Crippen LogP contribution is -2.41. The van der Waals surface area contributed by atoms with E-state index in [1.165, 1.54) is 25.7 Å². The van der Waals surface area contributed by atoms with E-state index in [-0.39, 0.29) is 38.1 Å². The molecule has 0 heterocycles. The molecule has 0 radical (unpaired) electrons. The van der Waals surface area contributed by atoms with Crippen molar-refractivity contribution >= 4 is 17.9 Å². The van der Waals surface area contributed by atoms with E-state index in [9.17, 15) is 14.4 Å². The normalized spacial score (nSPS) is 9.61. The lowest BCUT2D eigenvalue weighted by molar-refractivity contribution is -0.125. The smallest absolute Gasteiger partial charge is 0.404 e. The van der Waals surface area contributed by atoms with Gasteiger partial charge in [0, 0.05) is 0 Å². The first-order valence-corrected chi connectivity index (χ1v) is 12.2. The molecule has 0 unspecified atom stereocenters. The Morgan fingerprint density at radius 2 is 1.18 bits per heavy atom. The summed E-state index contributed by atoms with van der Waals surface area (Å²) >= 11 is 0. The number of amides is 3. The van der Waals surface area contributed by atoms with Crippen LogP contribution in [-0.4, -0.2) is 70.3 Å². The zero-order chi connectivity index (χ0) is 25.6. The Balaban J connectivity index is -0.000000746. The third kappa shape index (κ3) is 40.9. The fourth-order valence-corrected chi connectivity index (χ4v) is 2.18. The Morgan fingerprint density at radius 1 is 0.667 bits per heavy atom. The minimum Gasteiger partial charge on any atom is -0.448 e. The van der Waals surface area contributed by atoms with Gasteiger partial charge in [-0.1, -0.05) is 46.0 Å². The van der Waals surface area contributed by atoms with E-state index in [2.05, 4.69) is 34.5 Å². The zero-order valence-corrected chi connectivity index (χ0v) is 21.0. The summed E-state index contributed by atoms with van der Waals surface area (Å²) in [6.07, 6.45) is 9.38. The van der Waals surface area contributed by atoms with Crippen LogP contribution < -0.4 is 38.9 Å². The molecule has 11 nitrogen and oxygen atoms in total. The van der Waals surface area contributed by atoms with Gasteiger partial charge in [-0.2, -0.15) is 0 Å². The molecule has 0 aliphatic heterocycles. The maximum atomic E-state index is 11.5. The van der Waals surface area contributed by atoms with Crippen molar-refractivity contribution in [3.63, 3.8) is 0 Å². The van der Waals surface area contributed by atoms with E-state index in [0.717, 1.165) is 58.3 Å². The number of ether oxygens (including phenoxy) is 1. The van der Waals surface area contributed by atoms with Crippen LogP contribution in [0.5, 0.6) is 0 Å². The molecule has 0 bridgehead atoms. The number of nitrogens with one attached hydrogen (secondary N) is 3. The molecule has 0 aromatic carbocycles. The van der Waals surface area contributed by atoms with Crippen molar-refractivity contribution in [3.8, 4) is 0 Å². The molecular formula is C22H51N7O4. The predicted molar refractivity (Wildman–Crippen MR) is 134 cm³/mol. The van der Waals surface area contributed by atoms with Gasteiger partial charge in [0.25, 0.3) is 0 Å². The zero-order valence-electron chi connectivity index (χ0n) is 21.0. The molecule has 0 spiro atoms. The largest absolute Gasteiger partial charge is 0.448 e. The summed E-state index contributed by atoms with van der Waals surface area (Å²) in [5, 5.41) is 7.99. The van der Waals surface area contributed by atoms with Crippen LogP contribution in [0.15, 0.2) is 0 Å². The average Bonchev–Trinajstić information content (AvgIpc) is 2.79. The van der Waals surface area contributed by atoms with Crippen molar-refractivity contribution in [1.82, 2.24) is 16.0 Å². The molecule has 11 heteroatoms. The minimum atomic E-state index is -0.891. The van der Waals surface area contributed by atoms with Crippen LogP contribution in [0.3, 0.4) is 0 Å². The molecule has 0 aliphatic rings. The average molecular weight is 478 g/mol. The summed E-state index contributed by atoms with van der Waals surface area (Å²) in [6.45, 7) is 7.68. The highest BCUT2D eigenvalue weighted by molar-refractivity contribution is 5.85. The van der Waals surface area contributed by atoms with E-state index in [1.54, 1.807) is 0 Å². The number of primary amides is 1. The molecule has 0 rings (SSSR count). The summed E-state index contributed by atoms with van der Waals surface area (Å²) in [5.41, 5.74) is 20.5. The first-order valence-electron chi connectivity index (χ1n) is 12.2. The van der Waals surface area contributed by atoms with Crippen LogP contribution in [-0.2, 0) is 14.3 Å². The van der Waals surface area contributed by atoms with Crippen molar-refractivity contribution in [2.45, 2.75) is 71.6 Å². The predicted octanol–water partition coefficient (Wildman–Crippen LogP) is 0.303. The fourth-order valence-electron chi connectivity index (χ4n) is 2.18. The van der Waals surface area contributed by atoms with Gasteiger partial charge in [-0.15, -0.1) is 0 Å². The Hall–Kier alpha value is -1.95. The second-order valence-electron chi connectivity index (χ2n) is 7.31. The number of nitrogens with two attached hydrogens (primary N) is 4. The Kier molecular flexibility index (Phi) is 34.8. The fraction of sp³-hybridized carbons (Fsp3) is 0.864. The topological polar surface area (TPSA) is 201 Å². The lowest BCUT2D eigenvalue weighted by atomic mass is 10.1. The van der Waals surface area contributed by atoms with Gasteiger partial charge >= 0.3 is 6.09 Å². The van der Waals surface area contributed by atoms with E-state index >= 15 is 0 Å². The van der Waals surface area contributed by atoms with E-state index in [1.807, 2.05) is 0 Å². The van der Waals surface area contributed by atoms with Gasteiger partial charge in [-0.3, -0.25) is 9.59 Å². The summed E-state index contributed by atoms with van der Waals surface area (Å²) in [6, 6.07) is 0. The van der Waals surface area contributed by atoms with Gasteiger partial charge in [0.05, 0.1) is 19.6 Å². The molecule has 0 saturated carbocycles. The molecule has 0 aromatic heterocycles. The van der Waals surface area contributed by atoms with Gasteiger partial charge in [0.2, 0.25) is 11.8 Å². The lowest BCUT2D eigenvalue weighted by Gasteiger charge is -2.08. The van der Waals surface area contributed by atoms with Gasteiger partial charge in [-0.05, 0) is 51.9 Å². The number of hydrogen-bond acceptors (Lipinski definition) is 8. The van der Waals surface area contributed by atoms with Crippen LogP contribution in [0.4, 0.5) is 4.79 Å². The summed E-state index contributed by atoms with van der Waals surface area (Å²) < 4.78 is 4.45. The van der Waals surface area contributed by atoms with Crippen LogP contribution >= 0.6 is 0 Å². The van der Waals surface area contributed by atoms with E-state index in [4.69, 9.17) is 22.9 Å². The molecule has 11 N–H and O–H groups in total. The maximum absolute atomic E-state index is 11.5. The summed E-state index contributed by atoms with van der Waals surface area (Å²) in [7, 11) is 0. The third-order valence-electron chi connectivity index (χ3n) is 4.07. The van der Waals surface area contributed by atoms with Crippen molar-refractivity contribution in [2.75, 3.05) is 52.4 Å². The van der Waals surface area contributed by atoms with Crippen molar-refractivity contribution in [2.24, 2.45) is 22.9 Å². The molecule has 0 aromatic rings. The number of carbonyl (C=O) groups is 3. The number of rotatable bonds is 18. The molecule has 0 atom stereocenters. The monoisotopic (exact) mass is 477 g/mol. The Morgan fingerprint density at radius 3 is 1.67 bits per heavy atom. The number of unbranched alkanes of at least 4 members (excludes halogenated alkanes) is 6. The highest BCUT2D eigenvalue weighted by Gasteiger charge is 2.05. The van der Waals surface area contributed by atoms with Crippen molar-refractivity contribution < 1.29 is 19.1 Å². The number of hydrogen-bond donors (Lipinski definition) is 7. The van der Waals surface area contributed by atoms with Gasteiger partial charge in [0.15, 0.2) is 0 Å². The maximum Gasteiger partial charge on any atom is 0.404 e. The van der Waals surface area contributed by atoms with Crippen LogP contribution in [0.2, 0.25) is 0 Å². The van der Waals surface area contributed by atoms with Crippen LogP contribution in [0, 0.1) is 0 Å². The molecule has 33 heavy (non-hydrogen) atoms. The minimum absolute atomic E-state index is 0.00184. The van der Waals surface area contributed by atoms with Gasteiger partial charge in [-0.25, -0.2) is 4.79 Å². The Bertz CT molecular complexity index is 431. The molecule has 0 fully saturated rings. The highest BCUT2D eigenvalue weighted by Crippen LogP contribution is 2.00. The van der Waals surface area contributed by atoms with Crippen LogP contribution in [0.1, 0.15) is 71.6 Å². The van der Waals surface area contributed by atoms with E-state index < -0.39 is 6.09 Å². The summed E-state index contributed by atoms with van der Waals surface area (Å²) in [5.74, 6) is -0.594. The quantitative estimate of drug-likeness (QED) is 0.137. The first-order chi connectivity index (χ1) is 15.9. The Labute approximate surface area is 200 Å².